The van der Waals surface area contributed by atoms with Crippen molar-refractivity contribution in [3.05, 3.63) is 56.1 Å². The van der Waals surface area contributed by atoms with E-state index in [1.165, 1.54) is 12.3 Å². The largest absolute Gasteiger partial charge is 0.507 e. The minimum absolute atomic E-state index is 0.0170. The third-order valence-corrected chi connectivity index (χ3v) is 3.07. The average Bonchev–Trinajstić information content (AvgIpc) is 2.32. The summed E-state index contributed by atoms with van der Waals surface area (Å²) >= 11 is 11.6. The van der Waals surface area contributed by atoms with Crippen LogP contribution in [0.25, 0.3) is 0 Å². The Bertz CT molecular complexity index is 708. The van der Waals surface area contributed by atoms with Gasteiger partial charge in [0.25, 0.3) is 0 Å². The van der Waals surface area contributed by atoms with Crippen molar-refractivity contribution < 1.29 is 9.52 Å². The summed E-state index contributed by atoms with van der Waals surface area (Å²) in [5.74, 6) is 0.145. The first-order valence-corrected chi connectivity index (χ1v) is 6.06. The Kier molecular flexibility index (Phi) is 3.93. The van der Waals surface area contributed by atoms with E-state index in [0.717, 1.165) is 0 Å². The Morgan fingerprint density at radius 3 is 2.63 bits per heavy atom. The highest BCUT2D eigenvalue weighted by Crippen LogP contribution is 2.26. The molecule has 1 N–H and O–H groups in total. The number of hydrogen-bond acceptors (Lipinski definition) is 4. The molecule has 2 rings (SSSR count). The van der Waals surface area contributed by atoms with E-state index in [0.29, 0.717) is 21.5 Å². The smallest absolute Gasteiger partial charge is 0.348 e. The molecule has 6 heteroatoms. The lowest BCUT2D eigenvalue weighted by atomic mass is 10.2. The first kappa shape index (κ1) is 13.6. The van der Waals surface area contributed by atoms with E-state index in [-0.39, 0.29) is 11.3 Å². The van der Waals surface area contributed by atoms with E-state index >= 15 is 0 Å². The molecule has 0 radical (unpaired) electrons. The van der Waals surface area contributed by atoms with Crippen LogP contribution in [0.15, 0.2) is 38.5 Å². The molecule has 0 fully saturated rings. The predicted molar refractivity (Wildman–Crippen MR) is 75.1 cm³/mol. The highest BCUT2D eigenvalue weighted by atomic mass is 35.5. The Labute approximate surface area is 118 Å². The fraction of sp³-hybridized carbons (Fsp3) is 0.0769. The van der Waals surface area contributed by atoms with E-state index < -0.39 is 5.63 Å². The molecule has 0 aliphatic heterocycles. The molecule has 19 heavy (non-hydrogen) atoms. The number of rotatable bonds is 2. The van der Waals surface area contributed by atoms with Gasteiger partial charge in [0.2, 0.25) is 0 Å². The molecule has 1 heterocycles. The summed E-state index contributed by atoms with van der Waals surface area (Å²) in [6.07, 6.45) is 1.22. The van der Waals surface area contributed by atoms with Gasteiger partial charge in [-0.1, -0.05) is 23.2 Å². The summed E-state index contributed by atoms with van der Waals surface area (Å²) in [7, 11) is 0. The monoisotopic (exact) mass is 297 g/mol. The lowest BCUT2D eigenvalue weighted by molar-refractivity contribution is 0.433. The molecule has 0 bridgehead atoms. The molecule has 0 saturated carbocycles. The van der Waals surface area contributed by atoms with Crippen LogP contribution in [0, 0.1) is 6.92 Å². The average molecular weight is 298 g/mol. The Morgan fingerprint density at radius 2 is 2.00 bits per heavy atom. The molecule has 1 aromatic carbocycles. The molecule has 0 saturated heterocycles. The van der Waals surface area contributed by atoms with Gasteiger partial charge in [0.05, 0.1) is 15.7 Å². The maximum absolute atomic E-state index is 11.5. The Hall–Kier alpha value is -1.78. The minimum Gasteiger partial charge on any atom is -0.507 e. The second-order valence-corrected chi connectivity index (χ2v) is 4.61. The van der Waals surface area contributed by atoms with Crippen LogP contribution in [0.4, 0.5) is 5.69 Å². The van der Waals surface area contributed by atoms with E-state index in [9.17, 15) is 9.90 Å². The molecule has 0 spiro atoms. The maximum atomic E-state index is 11.5. The van der Waals surface area contributed by atoms with Crippen molar-refractivity contribution in [3.63, 3.8) is 0 Å². The standard InChI is InChI=1S/C13H9Cl2NO3/c1-7-4-12(17)9(13(18)19-7)6-16-8-2-3-10(14)11(15)5-8/h2-6,17H,1H3. The molecule has 0 aliphatic carbocycles. The number of nitrogens with zero attached hydrogens (tertiary/aromatic N) is 1. The van der Waals surface area contributed by atoms with Crippen LogP contribution in [-0.4, -0.2) is 11.3 Å². The van der Waals surface area contributed by atoms with E-state index in [4.69, 9.17) is 27.6 Å². The van der Waals surface area contributed by atoms with Gasteiger partial charge >= 0.3 is 5.63 Å². The van der Waals surface area contributed by atoms with Crippen molar-refractivity contribution >= 4 is 35.1 Å². The number of aryl methyl sites for hydroxylation is 1. The fourth-order valence-electron chi connectivity index (χ4n) is 1.43. The number of halogens is 2. The highest BCUT2D eigenvalue weighted by Gasteiger charge is 2.07. The summed E-state index contributed by atoms with van der Waals surface area (Å²) in [6.45, 7) is 1.57. The van der Waals surface area contributed by atoms with Gasteiger partial charge in [0, 0.05) is 12.3 Å². The van der Waals surface area contributed by atoms with Crippen LogP contribution in [0.1, 0.15) is 11.3 Å². The zero-order chi connectivity index (χ0) is 14.0. The van der Waals surface area contributed by atoms with Gasteiger partial charge in [-0.2, -0.15) is 0 Å². The second kappa shape index (κ2) is 5.47. The molecule has 4 nitrogen and oxygen atoms in total. The number of aliphatic imine (C=N–C) groups is 1. The third kappa shape index (κ3) is 3.16. The van der Waals surface area contributed by atoms with Gasteiger partial charge in [-0.3, -0.25) is 4.99 Å². The van der Waals surface area contributed by atoms with Crippen molar-refractivity contribution in [3.8, 4) is 5.75 Å². The summed E-state index contributed by atoms with van der Waals surface area (Å²) in [4.78, 5) is 15.6. The lowest BCUT2D eigenvalue weighted by Gasteiger charge is -1.99. The predicted octanol–water partition coefficient (Wildman–Crippen LogP) is 3.71. The zero-order valence-corrected chi connectivity index (χ0v) is 11.4. The molecular weight excluding hydrogens is 289 g/mol. The Morgan fingerprint density at radius 1 is 1.26 bits per heavy atom. The summed E-state index contributed by atoms with van der Waals surface area (Å²) in [6, 6.07) is 6.12. The van der Waals surface area contributed by atoms with Crippen molar-refractivity contribution in [1.29, 1.82) is 0 Å². The SMILES string of the molecule is Cc1cc(O)c(C=Nc2ccc(Cl)c(Cl)c2)c(=O)o1. The Balaban J connectivity index is 2.38. The second-order valence-electron chi connectivity index (χ2n) is 3.80. The van der Waals surface area contributed by atoms with Crippen molar-refractivity contribution in [2.75, 3.05) is 0 Å². The van der Waals surface area contributed by atoms with E-state index in [1.807, 2.05) is 0 Å². The van der Waals surface area contributed by atoms with Gasteiger partial charge in [-0.25, -0.2) is 4.79 Å². The van der Waals surface area contributed by atoms with E-state index in [2.05, 4.69) is 4.99 Å². The van der Waals surface area contributed by atoms with Crippen molar-refractivity contribution in [2.24, 2.45) is 4.99 Å². The van der Waals surface area contributed by atoms with Crippen LogP contribution in [0.5, 0.6) is 5.75 Å². The topological polar surface area (TPSA) is 62.8 Å². The van der Waals surface area contributed by atoms with Crippen LogP contribution < -0.4 is 5.63 Å². The van der Waals surface area contributed by atoms with Crippen LogP contribution in [0.2, 0.25) is 10.0 Å². The minimum atomic E-state index is -0.652. The molecule has 0 atom stereocenters. The molecular formula is C13H9Cl2NO3. The quantitative estimate of drug-likeness (QED) is 0.860. The van der Waals surface area contributed by atoms with Gasteiger partial charge in [0.1, 0.15) is 17.1 Å². The molecule has 1 aromatic heterocycles. The van der Waals surface area contributed by atoms with Gasteiger partial charge in [0.15, 0.2) is 0 Å². The fourth-order valence-corrected chi connectivity index (χ4v) is 1.72. The molecule has 0 amide bonds. The molecule has 0 aliphatic rings. The number of hydrogen-bond donors (Lipinski definition) is 1. The normalized spacial score (nSPS) is 11.1. The molecule has 2 aromatic rings. The molecule has 98 valence electrons. The number of aromatic hydroxyl groups is 1. The van der Waals surface area contributed by atoms with Crippen LogP contribution >= 0.6 is 23.2 Å². The van der Waals surface area contributed by atoms with Crippen molar-refractivity contribution in [1.82, 2.24) is 0 Å². The first-order valence-electron chi connectivity index (χ1n) is 5.30. The zero-order valence-electron chi connectivity index (χ0n) is 9.85. The summed E-state index contributed by atoms with van der Waals surface area (Å²) in [5.41, 5.74) is -0.160. The van der Waals surface area contributed by atoms with Gasteiger partial charge in [-0.15, -0.1) is 0 Å². The van der Waals surface area contributed by atoms with Crippen LogP contribution in [-0.2, 0) is 0 Å². The number of benzene rings is 1. The first-order chi connectivity index (χ1) is 8.97. The summed E-state index contributed by atoms with van der Waals surface area (Å²) in [5, 5.41) is 10.4. The van der Waals surface area contributed by atoms with E-state index in [1.54, 1.807) is 25.1 Å². The van der Waals surface area contributed by atoms with Crippen molar-refractivity contribution in [2.45, 2.75) is 6.92 Å². The van der Waals surface area contributed by atoms with Gasteiger partial charge in [-0.05, 0) is 25.1 Å². The molecule has 0 unspecified atom stereocenters. The third-order valence-electron chi connectivity index (χ3n) is 2.34. The lowest BCUT2D eigenvalue weighted by Crippen LogP contribution is -2.07. The maximum Gasteiger partial charge on any atom is 0.348 e. The van der Waals surface area contributed by atoms with Crippen LogP contribution in [0.3, 0.4) is 0 Å². The highest BCUT2D eigenvalue weighted by molar-refractivity contribution is 6.42. The van der Waals surface area contributed by atoms with Gasteiger partial charge < -0.3 is 9.52 Å². The summed E-state index contributed by atoms with van der Waals surface area (Å²) < 4.78 is 4.87.